The highest BCUT2D eigenvalue weighted by molar-refractivity contribution is 7.99. The zero-order valence-electron chi connectivity index (χ0n) is 20.9. The molecule has 0 amide bonds. The summed E-state index contributed by atoms with van der Waals surface area (Å²) < 4.78 is 9.76. The van der Waals surface area contributed by atoms with Crippen LogP contribution in [-0.2, 0) is 24.3 Å². The number of Topliss-reactive ketones (excluding diaryl/α,β-unsaturated/α-hetero) is 1. The Labute approximate surface area is 232 Å². The molecule has 0 bridgehead atoms. The van der Waals surface area contributed by atoms with Crippen LogP contribution >= 0.6 is 34.7 Å². The predicted molar refractivity (Wildman–Crippen MR) is 152 cm³/mol. The summed E-state index contributed by atoms with van der Waals surface area (Å²) in [5.74, 6) is 0.961. The van der Waals surface area contributed by atoms with Crippen LogP contribution in [0.4, 0.5) is 0 Å². The molecule has 1 atom stereocenters. The summed E-state index contributed by atoms with van der Waals surface area (Å²) >= 11 is 8.85. The van der Waals surface area contributed by atoms with Gasteiger partial charge in [0, 0.05) is 21.9 Å². The number of aromatic nitrogens is 4. The molecule has 194 valence electrons. The van der Waals surface area contributed by atoms with Crippen molar-refractivity contribution in [3.05, 3.63) is 91.5 Å². The first kappa shape index (κ1) is 25.3. The second-order valence-corrected chi connectivity index (χ2v) is 12.2. The van der Waals surface area contributed by atoms with Gasteiger partial charge < -0.3 is 4.74 Å². The van der Waals surface area contributed by atoms with E-state index in [1.807, 2.05) is 34.7 Å². The van der Waals surface area contributed by atoms with Crippen molar-refractivity contribution in [2.75, 3.05) is 5.75 Å². The van der Waals surface area contributed by atoms with Crippen molar-refractivity contribution in [2.24, 2.45) is 5.92 Å². The molecule has 0 fully saturated rings. The van der Waals surface area contributed by atoms with Gasteiger partial charge in [0.05, 0.1) is 30.4 Å². The molecule has 1 unspecified atom stereocenters. The van der Waals surface area contributed by atoms with Crippen LogP contribution in [0.1, 0.15) is 40.2 Å². The van der Waals surface area contributed by atoms with Gasteiger partial charge in [-0.2, -0.15) is 0 Å². The Bertz CT molecular complexity index is 1710. The van der Waals surface area contributed by atoms with E-state index in [-0.39, 0.29) is 23.2 Å². The average molecular weight is 565 g/mol. The normalized spacial score (nSPS) is 15.4. The number of rotatable bonds is 7. The third-order valence-electron chi connectivity index (χ3n) is 6.85. The largest absolute Gasteiger partial charge is 0.372 e. The molecule has 4 heterocycles. The Morgan fingerprint density at radius 1 is 1.16 bits per heavy atom. The first-order valence-electron chi connectivity index (χ1n) is 12.4. The number of ketones is 1. The molecule has 1 aliphatic heterocycles. The molecule has 38 heavy (non-hydrogen) atoms. The van der Waals surface area contributed by atoms with Gasteiger partial charge in [-0.1, -0.05) is 67.5 Å². The Balaban J connectivity index is 1.47. The molecule has 2 aromatic carbocycles. The van der Waals surface area contributed by atoms with Crippen LogP contribution in [0.5, 0.6) is 0 Å². The molecular weight excluding hydrogens is 540 g/mol. The van der Waals surface area contributed by atoms with E-state index < -0.39 is 0 Å². The Kier molecular flexibility index (Phi) is 6.86. The number of hydrogen-bond acceptors (Lipinski definition) is 7. The van der Waals surface area contributed by atoms with Gasteiger partial charge in [-0.3, -0.25) is 14.2 Å². The van der Waals surface area contributed by atoms with Crippen LogP contribution in [0.3, 0.4) is 0 Å². The molecule has 0 saturated heterocycles. The fourth-order valence-corrected chi connectivity index (χ4v) is 7.02. The number of nitrogens with zero attached hydrogens (tertiary/aromatic N) is 4. The van der Waals surface area contributed by atoms with Crippen LogP contribution in [0, 0.1) is 5.92 Å². The van der Waals surface area contributed by atoms with Crippen molar-refractivity contribution >= 4 is 56.5 Å². The quantitative estimate of drug-likeness (QED) is 0.181. The topological polar surface area (TPSA) is 78.5 Å². The molecule has 0 spiro atoms. The molecule has 0 radical (unpaired) electrons. The number of carbonyl (C=O) groups is 1. The highest BCUT2D eigenvalue weighted by atomic mass is 35.5. The minimum Gasteiger partial charge on any atom is -0.372 e. The highest BCUT2D eigenvalue weighted by Crippen LogP contribution is 2.37. The third kappa shape index (κ3) is 4.58. The van der Waals surface area contributed by atoms with Gasteiger partial charge in [0.25, 0.3) is 5.56 Å². The van der Waals surface area contributed by atoms with E-state index in [1.54, 1.807) is 40.2 Å². The second kappa shape index (κ2) is 10.3. The summed E-state index contributed by atoms with van der Waals surface area (Å²) in [5, 5.41) is 10.7. The number of thioether (sulfide) groups is 1. The van der Waals surface area contributed by atoms with Crippen LogP contribution in [0.25, 0.3) is 16.0 Å². The lowest BCUT2D eigenvalue weighted by Crippen LogP contribution is -2.28. The highest BCUT2D eigenvalue weighted by Gasteiger charge is 2.30. The molecule has 7 nitrogen and oxygen atoms in total. The number of benzene rings is 2. The minimum atomic E-state index is -0.0700. The zero-order chi connectivity index (χ0) is 26.4. The van der Waals surface area contributed by atoms with E-state index in [0.717, 1.165) is 20.8 Å². The second-order valence-electron chi connectivity index (χ2n) is 9.70. The summed E-state index contributed by atoms with van der Waals surface area (Å²) in [7, 11) is 0. The van der Waals surface area contributed by atoms with E-state index in [9.17, 15) is 9.59 Å². The molecule has 3 aromatic heterocycles. The lowest BCUT2D eigenvalue weighted by Gasteiger charge is -2.26. The van der Waals surface area contributed by atoms with Crippen LogP contribution in [0.15, 0.2) is 64.5 Å². The van der Waals surface area contributed by atoms with Crippen molar-refractivity contribution in [1.82, 2.24) is 19.2 Å². The molecule has 0 aliphatic carbocycles. The Morgan fingerprint density at radius 2 is 1.92 bits per heavy atom. The minimum absolute atomic E-state index is 0.0316. The molecular formula is C28H25ClN4O3S2. The molecule has 0 N–H and O–H groups in total. The fraction of sp³-hybridized carbons (Fsp3) is 0.286. The average Bonchev–Trinajstić information content (AvgIpc) is 3.52. The summed E-state index contributed by atoms with van der Waals surface area (Å²) in [6.45, 7) is 5.14. The number of thiophene rings is 1. The van der Waals surface area contributed by atoms with E-state index in [2.05, 4.69) is 24.0 Å². The van der Waals surface area contributed by atoms with Crippen molar-refractivity contribution in [1.29, 1.82) is 0 Å². The van der Waals surface area contributed by atoms with Gasteiger partial charge in [0.1, 0.15) is 4.83 Å². The van der Waals surface area contributed by atoms with Crippen molar-refractivity contribution in [2.45, 2.75) is 44.7 Å². The predicted octanol–water partition coefficient (Wildman–Crippen LogP) is 5.88. The maximum Gasteiger partial charge on any atom is 0.264 e. The number of fused-ring (bicyclic) bond motifs is 5. The number of halogens is 1. The van der Waals surface area contributed by atoms with E-state index in [0.29, 0.717) is 52.4 Å². The summed E-state index contributed by atoms with van der Waals surface area (Å²) in [6, 6.07) is 16.7. The first-order chi connectivity index (χ1) is 18.4. The number of ether oxygens (including phenoxy) is 1. The molecule has 6 rings (SSSR count). The van der Waals surface area contributed by atoms with Crippen LogP contribution in [0.2, 0.25) is 5.02 Å². The lowest BCUT2D eigenvalue weighted by atomic mass is 9.96. The number of hydrogen-bond donors (Lipinski definition) is 0. The summed E-state index contributed by atoms with van der Waals surface area (Å²) in [6.07, 6.45) is 0.753. The third-order valence-corrected chi connectivity index (χ3v) is 9.22. The zero-order valence-corrected chi connectivity index (χ0v) is 23.3. The van der Waals surface area contributed by atoms with Gasteiger partial charge in [0.2, 0.25) is 5.78 Å². The van der Waals surface area contributed by atoms with E-state index >= 15 is 0 Å². The fourth-order valence-electron chi connectivity index (χ4n) is 4.77. The monoisotopic (exact) mass is 564 g/mol. The molecule has 5 aromatic rings. The van der Waals surface area contributed by atoms with Crippen LogP contribution < -0.4 is 5.56 Å². The van der Waals surface area contributed by atoms with Gasteiger partial charge >= 0.3 is 0 Å². The maximum atomic E-state index is 14.0. The van der Waals surface area contributed by atoms with Gasteiger partial charge in [-0.15, -0.1) is 21.5 Å². The van der Waals surface area contributed by atoms with E-state index in [1.165, 1.54) is 11.8 Å². The molecule has 10 heteroatoms. The summed E-state index contributed by atoms with van der Waals surface area (Å²) in [4.78, 5) is 28.8. The van der Waals surface area contributed by atoms with Crippen molar-refractivity contribution < 1.29 is 9.53 Å². The van der Waals surface area contributed by atoms with Gasteiger partial charge in [-0.25, -0.2) is 4.40 Å². The first-order valence-corrected chi connectivity index (χ1v) is 14.6. The maximum absolute atomic E-state index is 14.0. The van der Waals surface area contributed by atoms with E-state index in [4.69, 9.17) is 16.3 Å². The van der Waals surface area contributed by atoms with Crippen LogP contribution in [-0.4, -0.2) is 36.8 Å². The Morgan fingerprint density at radius 3 is 2.66 bits per heavy atom. The van der Waals surface area contributed by atoms with Gasteiger partial charge in [0.15, 0.2) is 10.9 Å². The van der Waals surface area contributed by atoms with Crippen molar-refractivity contribution in [3.8, 4) is 0 Å². The number of carbonyl (C=O) groups excluding carboxylic acids is 1. The molecule has 1 aliphatic rings. The van der Waals surface area contributed by atoms with Crippen molar-refractivity contribution in [3.63, 3.8) is 0 Å². The smallest absolute Gasteiger partial charge is 0.264 e. The Hall–Kier alpha value is -2.98. The summed E-state index contributed by atoms with van der Waals surface area (Å²) in [5.41, 5.74) is 2.58. The SMILES string of the molecule is CC(C)C1Cc2c(sc3c2c(=O)n(Cc2ccccc2)c2nnc(SCC(=O)c4ccc(Cl)cc4)n32)CO1. The lowest BCUT2D eigenvalue weighted by molar-refractivity contribution is 0.00200. The molecule has 0 saturated carbocycles. The van der Waals surface area contributed by atoms with Gasteiger partial charge in [-0.05, 0) is 41.3 Å². The standard InChI is InChI=1S/C28H25ClN4O3S2/c1-16(2)22-12-20-23(14-36-22)38-26-24(20)25(35)32(13-17-6-4-3-5-7-17)27-30-31-28(33(26)27)37-15-21(34)18-8-10-19(29)11-9-18/h3-11,16,22H,12-15H2,1-2H3.